The van der Waals surface area contributed by atoms with E-state index in [1.165, 1.54) is 6.42 Å². The molecule has 0 aromatic carbocycles. The first-order valence-electron chi connectivity index (χ1n) is 5.41. The molecule has 2 rings (SSSR count). The molecule has 2 aliphatic heterocycles. The number of hydrogen-bond acceptors (Lipinski definition) is 3. The number of rotatable bonds is 3. The van der Waals surface area contributed by atoms with E-state index < -0.39 is 10.0 Å². The molecule has 2 fully saturated rings. The quantitative estimate of drug-likeness (QED) is 0.680. The van der Waals surface area contributed by atoms with Gasteiger partial charge in [-0.05, 0) is 19.4 Å². The van der Waals surface area contributed by atoms with Crippen LogP contribution < -0.4 is 0 Å². The third kappa shape index (κ3) is 2.46. The Balaban J connectivity index is 2.00. The highest BCUT2D eigenvalue weighted by atomic mass is 35.5. The maximum absolute atomic E-state index is 11.8. The summed E-state index contributed by atoms with van der Waals surface area (Å²) < 4.78 is 25.2. The van der Waals surface area contributed by atoms with Gasteiger partial charge in [-0.3, -0.25) is 4.90 Å². The predicted molar refractivity (Wildman–Crippen MR) is 60.7 cm³/mol. The molecule has 0 amide bonds. The Morgan fingerprint density at radius 3 is 2.80 bits per heavy atom. The fraction of sp³-hybridized carbons (Fsp3) is 1.00. The van der Waals surface area contributed by atoms with Crippen LogP contribution in [-0.2, 0) is 10.0 Å². The highest BCUT2D eigenvalue weighted by Gasteiger charge is 2.34. The predicted octanol–water partition coefficient (Wildman–Crippen LogP) is 0.335. The Morgan fingerprint density at radius 1 is 1.27 bits per heavy atom. The molecule has 0 N–H and O–H groups in total. The van der Waals surface area contributed by atoms with Crippen molar-refractivity contribution in [3.05, 3.63) is 0 Å². The van der Waals surface area contributed by atoms with E-state index in [1.807, 2.05) is 0 Å². The van der Waals surface area contributed by atoms with Crippen LogP contribution in [0, 0.1) is 0 Å². The Labute approximate surface area is 96.2 Å². The molecule has 2 aliphatic rings. The molecule has 0 aromatic rings. The number of fused-ring (bicyclic) bond motifs is 1. The number of alkyl halides is 1. The molecule has 4 nitrogen and oxygen atoms in total. The summed E-state index contributed by atoms with van der Waals surface area (Å²) in [4.78, 5) is 2.40. The lowest BCUT2D eigenvalue weighted by molar-refractivity contribution is 0.158. The summed E-state index contributed by atoms with van der Waals surface area (Å²) >= 11 is 5.50. The molecule has 1 atom stereocenters. The standard InChI is InChI=1S/C9H17ClN2O2S/c10-3-7-15(13,14)12-6-5-11-4-1-2-9(11)8-12/h9H,1-8H2. The smallest absolute Gasteiger partial charge is 0.215 e. The highest BCUT2D eigenvalue weighted by Crippen LogP contribution is 2.23. The third-order valence-corrected chi connectivity index (χ3v) is 5.53. The molecule has 0 saturated carbocycles. The molecule has 0 aromatic heterocycles. The lowest BCUT2D eigenvalue weighted by Gasteiger charge is -2.36. The fourth-order valence-corrected chi connectivity index (χ4v) is 4.24. The Hall–Kier alpha value is 0.160. The zero-order valence-electron chi connectivity index (χ0n) is 8.73. The van der Waals surface area contributed by atoms with E-state index >= 15 is 0 Å². The van der Waals surface area contributed by atoms with Crippen LogP contribution in [0.3, 0.4) is 0 Å². The van der Waals surface area contributed by atoms with Gasteiger partial charge in [0.2, 0.25) is 10.0 Å². The largest absolute Gasteiger partial charge is 0.298 e. The number of sulfonamides is 1. The van der Waals surface area contributed by atoms with Crippen molar-refractivity contribution in [2.24, 2.45) is 0 Å². The van der Waals surface area contributed by atoms with Gasteiger partial charge in [0.1, 0.15) is 0 Å². The summed E-state index contributed by atoms with van der Waals surface area (Å²) in [6.07, 6.45) is 2.33. The van der Waals surface area contributed by atoms with Crippen LogP contribution in [-0.4, -0.2) is 61.5 Å². The van der Waals surface area contributed by atoms with Crippen molar-refractivity contribution >= 4 is 21.6 Å². The van der Waals surface area contributed by atoms with Crippen molar-refractivity contribution in [3.8, 4) is 0 Å². The summed E-state index contributed by atoms with van der Waals surface area (Å²) in [6, 6.07) is 0.448. The molecule has 2 saturated heterocycles. The first kappa shape index (κ1) is 11.6. The molecule has 0 spiro atoms. The van der Waals surface area contributed by atoms with Crippen molar-refractivity contribution in [2.45, 2.75) is 18.9 Å². The molecule has 0 aliphatic carbocycles. The van der Waals surface area contributed by atoms with Gasteiger partial charge in [0, 0.05) is 31.6 Å². The van der Waals surface area contributed by atoms with Crippen molar-refractivity contribution < 1.29 is 8.42 Å². The molecule has 1 unspecified atom stereocenters. The Bertz CT molecular complexity index is 320. The van der Waals surface area contributed by atoms with Gasteiger partial charge >= 0.3 is 0 Å². The van der Waals surface area contributed by atoms with Gasteiger partial charge in [0.05, 0.1) is 5.75 Å². The number of piperazine rings is 1. The molecule has 2 heterocycles. The lowest BCUT2D eigenvalue weighted by Crippen LogP contribution is -2.52. The SMILES string of the molecule is O=S(=O)(CCCl)N1CCN2CCCC2C1. The highest BCUT2D eigenvalue weighted by molar-refractivity contribution is 7.89. The van der Waals surface area contributed by atoms with Gasteiger partial charge in [-0.15, -0.1) is 11.6 Å². The maximum atomic E-state index is 11.8. The Kier molecular flexibility index (Phi) is 3.55. The van der Waals surface area contributed by atoms with E-state index in [2.05, 4.69) is 4.90 Å². The Morgan fingerprint density at radius 2 is 2.07 bits per heavy atom. The second-order valence-corrected chi connectivity index (χ2v) is 6.66. The van der Waals surface area contributed by atoms with Crippen LogP contribution in [0.2, 0.25) is 0 Å². The monoisotopic (exact) mass is 252 g/mol. The zero-order chi connectivity index (χ0) is 10.9. The summed E-state index contributed by atoms with van der Waals surface area (Å²) in [5.41, 5.74) is 0. The van der Waals surface area contributed by atoms with Crippen LogP contribution in [0.5, 0.6) is 0 Å². The molecule has 0 bridgehead atoms. The van der Waals surface area contributed by atoms with E-state index in [-0.39, 0.29) is 11.6 Å². The van der Waals surface area contributed by atoms with Gasteiger partial charge in [0.25, 0.3) is 0 Å². The van der Waals surface area contributed by atoms with Gasteiger partial charge in [-0.1, -0.05) is 0 Å². The second kappa shape index (κ2) is 4.57. The minimum Gasteiger partial charge on any atom is -0.298 e. The van der Waals surface area contributed by atoms with Crippen molar-refractivity contribution in [1.82, 2.24) is 9.21 Å². The van der Waals surface area contributed by atoms with Gasteiger partial charge in [0.15, 0.2) is 0 Å². The average Bonchev–Trinajstić information content (AvgIpc) is 2.63. The lowest BCUT2D eigenvalue weighted by atomic mass is 10.2. The van der Waals surface area contributed by atoms with E-state index in [0.717, 1.165) is 19.5 Å². The van der Waals surface area contributed by atoms with Crippen LogP contribution >= 0.6 is 11.6 Å². The molecule has 0 radical (unpaired) electrons. The minimum absolute atomic E-state index is 0.0707. The molecule has 6 heteroatoms. The maximum Gasteiger partial charge on any atom is 0.215 e. The number of halogens is 1. The molecule has 88 valence electrons. The molecular weight excluding hydrogens is 236 g/mol. The number of hydrogen-bond donors (Lipinski definition) is 0. The van der Waals surface area contributed by atoms with E-state index in [4.69, 9.17) is 11.6 Å². The normalized spacial score (nSPS) is 29.3. The average molecular weight is 253 g/mol. The van der Waals surface area contributed by atoms with Gasteiger partial charge < -0.3 is 0 Å². The second-order valence-electron chi connectivity index (χ2n) is 4.20. The van der Waals surface area contributed by atoms with Gasteiger partial charge in [-0.2, -0.15) is 4.31 Å². The molecular formula is C9H17ClN2O2S. The summed E-state index contributed by atoms with van der Waals surface area (Å²) in [6.45, 7) is 3.31. The van der Waals surface area contributed by atoms with E-state index in [9.17, 15) is 8.42 Å². The van der Waals surface area contributed by atoms with Gasteiger partial charge in [-0.25, -0.2) is 8.42 Å². The van der Waals surface area contributed by atoms with Crippen molar-refractivity contribution in [1.29, 1.82) is 0 Å². The topological polar surface area (TPSA) is 40.6 Å². The van der Waals surface area contributed by atoms with Crippen LogP contribution in [0.15, 0.2) is 0 Å². The number of nitrogens with zero attached hydrogens (tertiary/aromatic N) is 2. The molecule has 15 heavy (non-hydrogen) atoms. The summed E-state index contributed by atoms with van der Waals surface area (Å²) in [5.74, 6) is 0.258. The zero-order valence-corrected chi connectivity index (χ0v) is 10.3. The summed E-state index contributed by atoms with van der Waals surface area (Å²) in [5, 5.41) is 0. The first-order chi connectivity index (χ1) is 7.13. The fourth-order valence-electron chi connectivity index (χ4n) is 2.44. The van der Waals surface area contributed by atoms with Crippen molar-refractivity contribution in [3.63, 3.8) is 0 Å². The summed E-state index contributed by atoms with van der Waals surface area (Å²) in [7, 11) is -3.10. The first-order valence-corrected chi connectivity index (χ1v) is 7.56. The van der Waals surface area contributed by atoms with Crippen LogP contribution in [0.1, 0.15) is 12.8 Å². The van der Waals surface area contributed by atoms with Crippen LogP contribution in [0.25, 0.3) is 0 Å². The van der Waals surface area contributed by atoms with E-state index in [1.54, 1.807) is 4.31 Å². The third-order valence-electron chi connectivity index (χ3n) is 3.28. The van der Waals surface area contributed by atoms with Crippen LogP contribution in [0.4, 0.5) is 0 Å². The van der Waals surface area contributed by atoms with E-state index in [0.29, 0.717) is 19.1 Å². The van der Waals surface area contributed by atoms with Crippen molar-refractivity contribution in [2.75, 3.05) is 37.8 Å². The minimum atomic E-state index is -3.10.